The Kier molecular flexibility index (Phi) is 4.54. The molecule has 8 heteroatoms. The third-order valence-corrected chi connectivity index (χ3v) is 6.69. The van der Waals surface area contributed by atoms with E-state index in [1.165, 1.54) is 13.8 Å². The van der Waals surface area contributed by atoms with Crippen LogP contribution in [0.15, 0.2) is 11.6 Å². The Hall–Kier alpha value is -1.93. The highest BCUT2D eigenvalue weighted by Crippen LogP contribution is 2.47. The molecular weight excluding hydrogens is 366 g/mol. The number of carbonyl (C=O) groups excluding carboxylic acids is 3. The van der Waals surface area contributed by atoms with Crippen molar-refractivity contribution in [2.24, 2.45) is 5.92 Å². The van der Waals surface area contributed by atoms with Gasteiger partial charge in [0.2, 0.25) is 5.60 Å². The van der Waals surface area contributed by atoms with Crippen LogP contribution >= 0.6 is 0 Å². The summed E-state index contributed by atoms with van der Waals surface area (Å²) in [5, 5.41) is 0. The molecule has 4 rings (SSSR count). The minimum atomic E-state index is -1.52. The highest BCUT2D eigenvalue weighted by molar-refractivity contribution is 5.85. The van der Waals surface area contributed by atoms with Crippen LogP contribution in [0, 0.1) is 5.92 Å². The molecule has 0 amide bonds. The van der Waals surface area contributed by atoms with E-state index in [1.807, 2.05) is 13.0 Å². The quantitative estimate of drug-likeness (QED) is 0.282. The van der Waals surface area contributed by atoms with Crippen molar-refractivity contribution < 1.29 is 33.3 Å². The molecule has 0 aromatic carbocycles. The standard InChI is InChI=1S/C20H27NO7/c1-11-9-20(12(2)27-20)18(24)26-15-6-8-21-7-5-14(16(15)21)10-25-17(23)19(11,4)28-13(3)22/h5,11-12,15-16H,6-10H2,1-4H3/t11-,12-,15+,16-,19+,20-/m0/s1. The van der Waals surface area contributed by atoms with E-state index in [2.05, 4.69) is 4.90 Å². The molecule has 0 saturated carbocycles. The first-order valence-electron chi connectivity index (χ1n) is 9.86. The molecule has 0 radical (unpaired) electrons. The number of hydrogen-bond acceptors (Lipinski definition) is 8. The number of ether oxygens (including phenoxy) is 4. The monoisotopic (exact) mass is 393 g/mol. The second kappa shape index (κ2) is 6.56. The summed E-state index contributed by atoms with van der Waals surface area (Å²) in [5.74, 6) is -2.10. The van der Waals surface area contributed by atoms with Gasteiger partial charge in [0.15, 0.2) is 5.60 Å². The van der Waals surface area contributed by atoms with Crippen molar-refractivity contribution in [3.05, 3.63) is 11.6 Å². The van der Waals surface area contributed by atoms with Crippen LogP contribution in [0.4, 0.5) is 0 Å². The molecule has 0 aromatic heterocycles. The van der Waals surface area contributed by atoms with Gasteiger partial charge in [0.1, 0.15) is 12.7 Å². The second-order valence-corrected chi connectivity index (χ2v) is 8.48. The summed E-state index contributed by atoms with van der Waals surface area (Å²) >= 11 is 0. The third kappa shape index (κ3) is 2.93. The van der Waals surface area contributed by atoms with Crippen LogP contribution < -0.4 is 0 Å². The molecule has 154 valence electrons. The summed E-state index contributed by atoms with van der Waals surface area (Å²) < 4.78 is 22.6. The van der Waals surface area contributed by atoms with Crippen molar-refractivity contribution in [1.29, 1.82) is 0 Å². The lowest BCUT2D eigenvalue weighted by Gasteiger charge is -2.35. The largest absolute Gasteiger partial charge is 0.458 e. The second-order valence-electron chi connectivity index (χ2n) is 8.48. The van der Waals surface area contributed by atoms with Crippen LogP contribution in [0.1, 0.15) is 40.5 Å². The molecule has 0 N–H and O–H groups in total. The summed E-state index contributed by atoms with van der Waals surface area (Å²) in [6.45, 7) is 8.01. The number of cyclic esters (lactones) is 1. The smallest absolute Gasteiger partial charge is 0.350 e. The number of epoxide rings is 1. The zero-order chi connectivity index (χ0) is 20.3. The Morgan fingerprint density at radius 2 is 2.00 bits per heavy atom. The van der Waals surface area contributed by atoms with Gasteiger partial charge in [-0.3, -0.25) is 9.69 Å². The van der Waals surface area contributed by atoms with Crippen LogP contribution in [-0.2, 0) is 33.3 Å². The number of rotatable bonds is 1. The fourth-order valence-electron chi connectivity index (χ4n) is 4.74. The van der Waals surface area contributed by atoms with Crippen molar-refractivity contribution in [1.82, 2.24) is 4.90 Å². The molecule has 28 heavy (non-hydrogen) atoms. The van der Waals surface area contributed by atoms with E-state index in [0.717, 1.165) is 25.1 Å². The van der Waals surface area contributed by atoms with Crippen LogP contribution in [0.2, 0.25) is 0 Å². The molecule has 8 nitrogen and oxygen atoms in total. The maximum atomic E-state index is 13.1. The topological polar surface area (TPSA) is 94.7 Å². The lowest BCUT2D eigenvalue weighted by atomic mass is 9.81. The molecule has 0 aromatic rings. The van der Waals surface area contributed by atoms with E-state index in [0.29, 0.717) is 0 Å². The number of hydrogen-bond donors (Lipinski definition) is 0. The first kappa shape index (κ1) is 19.4. The van der Waals surface area contributed by atoms with Gasteiger partial charge in [-0.2, -0.15) is 0 Å². The molecule has 4 aliphatic rings. The molecule has 6 atom stereocenters. The Morgan fingerprint density at radius 1 is 1.29 bits per heavy atom. The highest BCUT2D eigenvalue weighted by Gasteiger charge is 2.64. The summed E-state index contributed by atoms with van der Waals surface area (Å²) in [7, 11) is 0. The average molecular weight is 393 g/mol. The van der Waals surface area contributed by atoms with Crippen LogP contribution in [0.25, 0.3) is 0 Å². The predicted molar refractivity (Wildman–Crippen MR) is 96.1 cm³/mol. The van der Waals surface area contributed by atoms with Gasteiger partial charge in [-0.1, -0.05) is 13.0 Å². The molecule has 0 unspecified atom stereocenters. The Labute approximate surface area is 164 Å². The molecular formula is C20H27NO7. The highest BCUT2D eigenvalue weighted by atomic mass is 16.7. The van der Waals surface area contributed by atoms with Crippen LogP contribution in [-0.4, -0.2) is 72.0 Å². The Bertz CT molecular complexity index is 749. The fourth-order valence-corrected chi connectivity index (χ4v) is 4.74. The average Bonchev–Trinajstić information content (AvgIpc) is 2.95. The normalized spacial score (nSPS) is 43.4. The van der Waals surface area contributed by atoms with E-state index in [-0.39, 0.29) is 31.3 Å². The summed E-state index contributed by atoms with van der Waals surface area (Å²) in [4.78, 5) is 39.9. The molecule has 4 heterocycles. The molecule has 3 fully saturated rings. The van der Waals surface area contributed by atoms with Crippen LogP contribution in [0.3, 0.4) is 0 Å². The van der Waals surface area contributed by atoms with E-state index in [9.17, 15) is 14.4 Å². The summed E-state index contributed by atoms with van der Waals surface area (Å²) in [6.07, 6.45) is 2.37. The first-order chi connectivity index (χ1) is 13.2. The van der Waals surface area contributed by atoms with Gasteiger partial charge in [0, 0.05) is 25.9 Å². The zero-order valence-electron chi connectivity index (χ0n) is 16.7. The third-order valence-electron chi connectivity index (χ3n) is 6.69. The van der Waals surface area contributed by atoms with Crippen molar-refractivity contribution >= 4 is 17.9 Å². The first-order valence-corrected chi connectivity index (χ1v) is 9.86. The molecule has 3 saturated heterocycles. The van der Waals surface area contributed by atoms with Gasteiger partial charge in [-0.15, -0.1) is 0 Å². The predicted octanol–water partition coefficient (Wildman–Crippen LogP) is 0.975. The number of esters is 3. The lowest BCUT2D eigenvalue weighted by molar-refractivity contribution is -0.187. The van der Waals surface area contributed by atoms with Gasteiger partial charge >= 0.3 is 17.9 Å². The van der Waals surface area contributed by atoms with Gasteiger partial charge in [-0.05, 0) is 32.3 Å². The lowest BCUT2D eigenvalue weighted by Crippen LogP contribution is -2.50. The maximum absolute atomic E-state index is 13.1. The van der Waals surface area contributed by atoms with E-state index < -0.39 is 35.0 Å². The van der Waals surface area contributed by atoms with Crippen LogP contribution in [0.5, 0.6) is 0 Å². The van der Waals surface area contributed by atoms with Crippen molar-refractivity contribution in [2.45, 2.75) is 70.0 Å². The Morgan fingerprint density at radius 3 is 2.64 bits per heavy atom. The zero-order valence-corrected chi connectivity index (χ0v) is 16.7. The molecule has 1 spiro atoms. The molecule has 0 aliphatic carbocycles. The maximum Gasteiger partial charge on any atom is 0.350 e. The van der Waals surface area contributed by atoms with Crippen molar-refractivity contribution in [2.75, 3.05) is 19.7 Å². The van der Waals surface area contributed by atoms with Crippen molar-refractivity contribution in [3.8, 4) is 0 Å². The fraction of sp³-hybridized carbons (Fsp3) is 0.750. The van der Waals surface area contributed by atoms with Crippen molar-refractivity contribution in [3.63, 3.8) is 0 Å². The van der Waals surface area contributed by atoms with Gasteiger partial charge in [0.25, 0.3) is 0 Å². The summed E-state index contributed by atoms with van der Waals surface area (Å²) in [6, 6.07) is -0.0836. The molecule has 0 bridgehead atoms. The summed E-state index contributed by atoms with van der Waals surface area (Å²) in [5.41, 5.74) is -1.71. The van der Waals surface area contributed by atoms with E-state index in [4.69, 9.17) is 18.9 Å². The SMILES string of the molecule is CC(=O)O[C@@]1(C)C(=O)OCC2=CCN3CC[C@@H](OC(=O)[C@@]4(C[C@@H]1C)O[C@H]4C)[C@H]23. The van der Waals surface area contributed by atoms with Gasteiger partial charge in [-0.25, -0.2) is 9.59 Å². The van der Waals surface area contributed by atoms with E-state index >= 15 is 0 Å². The molecule has 4 aliphatic heterocycles. The van der Waals surface area contributed by atoms with Gasteiger partial charge < -0.3 is 18.9 Å². The van der Waals surface area contributed by atoms with Gasteiger partial charge in [0.05, 0.1) is 12.1 Å². The Balaban J connectivity index is 1.68. The van der Waals surface area contributed by atoms with E-state index in [1.54, 1.807) is 6.92 Å². The minimum absolute atomic E-state index is 0.0836. The number of carbonyl (C=O) groups is 3. The number of nitrogens with zero attached hydrogens (tertiary/aromatic N) is 1. The minimum Gasteiger partial charge on any atom is -0.458 e.